The van der Waals surface area contributed by atoms with Gasteiger partial charge in [-0.3, -0.25) is 14.9 Å². The number of ether oxygens (including phenoxy) is 1. The predicted molar refractivity (Wildman–Crippen MR) is 94.0 cm³/mol. The van der Waals surface area contributed by atoms with Gasteiger partial charge in [0.15, 0.2) is 5.75 Å². The lowest BCUT2D eigenvalue weighted by Gasteiger charge is -2.39. The molecule has 24 heavy (non-hydrogen) atoms. The molecule has 1 unspecified atom stereocenters. The third kappa shape index (κ3) is 4.58. The Morgan fingerprint density at radius 1 is 1.50 bits per heavy atom. The highest BCUT2D eigenvalue weighted by molar-refractivity contribution is 5.95. The number of nitro groups is 1. The van der Waals surface area contributed by atoms with Crippen molar-refractivity contribution in [2.45, 2.75) is 32.7 Å². The van der Waals surface area contributed by atoms with Gasteiger partial charge in [-0.25, -0.2) is 0 Å². The number of nitrogens with zero attached hydrogens (tertiary/aromatic N) is 1. The average molecular weight is 358 g/mol. The fourth-order valence-corrected chi connectivity index (χ4v) is 2.89. The number of halogens is 1. The molecule has 0 aromatic heterocycles. The third-order valence-electron chi connectivity index (χ3n) is 4.44. The lowest BCUT2D eigenvalue weighted by Crippen LogP contribution is -2.52. The molecule has 0 aliphatic carbocycles. The van der Waals surface area contributed by atoms with E-state index >= 15 is 0 Å². The first-order valence-corrected chi connectivity index (χ1v) is 7.69. The zero-order chi connectivity index (χ0) is 17.0. The smallest absolute Gasteiger partial charge is 0.310 e. The maximum Gasteiger partial charge on any atom is 0.310 e. The standard InChI is InChI=1S/C16H23N3O4.ClH/c1-16(2)7-4-8-17-14(16)10-18-15(20)11-5-6-12(19(21)22)13(9-11)23-3;/h5-6,9,14,17H,4,7-8,10H2,1-3H3,(H,18,20);1H. The lowest BCUT2D eigenvalue weighted by molar-refractivity contribution is -0.385. The Balaban J connectivity index is 0.00000288. The van der Waals surface area contributed by atoms with Gasteiger partial charge in [0.25, 0.3) is 5.91 Å². The Hall–Kier alpha value is -1.86. The summed E-state index contributed by atoms with van der Waals surface area (Å²) in [6, 6.07) is 4.33. The number of hydrogen-bond donors (Lipinski definition) is 2. The Bertz CT molecular complexity index is 607. The molecule has 0 spiro atoms. The van der Waals surface area contributed by atoms with Gasteiger partial charge in [-0.1, -0.05) is 13.8 Å². The van der Waals surface area contributed by atoms with Crippen LogP contribution >= 0.6 is 12.4 Å². The summed E-state index contributed by atoms with van der Waals surface area (Å²) >= 11 is 0. The highest BCUT2D eigenvalue weighted by Gasteiger charge is 2.32. The van der Waals surface area contributed by atoms with Gasteiger partial charge in [0.1, 0.15) is 0 Å². The summed E-state index contributed by atoms with van der Waals surface area (Å²) in [4.78, 5) is 22.6. The van der Waals surface area contributed by atoms with Crippen molar-refractivity contribution < 1.29 is 14.5 Å². The number of rotatable bonds is 5. The molecule has 134 valence electrons. The van der Waals surface area contributed by atoms with Crippen molar-refractivity contribution in [1.29, 1.82) is 0 Å². The van der Waals surface area contributed by atoms with Gasteiger partial charge in [0.2, 0.25) is 0 Å². The first-order valence-electron chi connectivity index (χ1n) is 7.69. The summed E-state index contributed by atoms with van der Waals surface area (Å²) in [6.07, 6.45) is 2.25. The molecule has 2 N–H and O–H groups in total. The van der Waals surface area contributed by atoms with Crippen LogP contribution in [0.3, 0.4) is 0 Å². The molecule has 1 fully saturated rings. The van der Waals surface area contributed by atoms with E-state index in [1.54, 1.807) is 0 Å². The zero-order valence-electron chi connectivity index (χ0n) is 14.1. The molecule has 0 saturated carbocycles. The monoisotopic (exact) mass is 357 g/mol. The average Bonchev–Trinajstić information content (AvgIpc) is 2.52. The molecule has 1 aliphatic rings. The van der Waals surface area contributed by atoms with Crippen LogP contribution in [0.4, 0.5) is 5.69 Å². The molecule has 1 saturated heterocycles. The molecule has 2 rings (SSSR count). The molecule has 0 bridgehead atoms. The highest BCUT2D eigenvalue weighted by atomic mass is 35.5. The van der Waals surface area contributed by atoms with E-state index in [2.05, 4.69) is 24.5 Å². The number of carbonyl (C=O) groups excluding carboxylic acids is 1. The van der Waals surface area contributed by atoms with Crippen molar-refractivity contribution in [2.24, 2.45) is 5.41 Å². The predicted octanol–water partition coefficient (Wildman–Crippen LogP) is 2.53. The van der Waals surface area contributed by atoms with E-state index in [1.807, 2.05) is 0 Å². The van der Waals surface area contributed by atoms with Crippen LogP contribution in [0.25, 0.3) is 0 Å². The minimum absolute atomic E-state index is 0. The largest absolute Gasteiger partial charge is 0.490 e. The van der Waals surface area contributed by atoms with Crippen LogP contribution in [0, 0.1) is 15.5 Å². The van der Waals surface area contributed by atoms with Crippen molar-refractivity contribution in [3.05, 3.63) is 33.9 Å². The maximum atomic E-state index is 12.3. The van der Waals surface area contributed by atoms with E-state index in [0.717, 1.165) is 19.4 Å². The molecule has 1 aromatic carbocycles. The van der Waals surface area contributed by atoms with Gasteiger partial charge in [-0.15, -0.1) is 12.4 Å². The molecule has 8 heteroatoms. The second kappa shape index (κ2) is 8.30. The Labute approximate surface area is 147 Å². The Morgan fingerprint density at radius 3 is 2.79 bits per heavy atom. The van der Waals surface area contributed by atoms with Crippen LogP contribution in [0.5, 0.6) is 5.75 Å². The summed E-state index contributed by atoms with van der Waals surface area (Å²) < 4.78 is 4.99. The number of nitrogens with one attached hydrogen (secondary N) is 2. The summed E-state index contributed by atoms with van der Waals surface area (Å²) in [5.41, 5.74) is 0.318. The van der Waals surface area contributed by atoms with E-state index < -0.39 is 4.92 Å². The van der Waals surface area contributed by atoms with E-state index in [-0.39, 0.29) is 41.2 Å². The van der Waals surface area contributed by atoms with Crippen LogP contribution in [-0.4, -0.2) is 37.1 Å². The topological polar surface area (TPSA) is 93.5 Å². The van der Waals surface area contributed by atoms with Gasteiger partial charge in [-0.05, 0) is 30.9 Å². The number of piperidine rings is 1. The summed E-state index contributed by atoms with van der Waals surface area (Å²) in [5, 5.41) is 17.2. The number of carbonyl (C=O) groups is 1. The fourth-order valence-electron chi connectivity index (χ4n) is 2.89. The van der Waals surface area contributed by atoms with Crippen molar-refractivity contribution in [3.8, 4) is 5.75 Å². The molecular formula is C16H24ClN3O4. The van der Waals surface area contributed by atoms with Crippen LogP contribution in [0.2, 0.25) is 0 Å². The van der Waals surface area contributed by atoms with Gasteiger partial charge in [0.05, 0.1) is 12.0 Å². The molecule has 1 atom stereocenters. The highest BCUT2D eigenvalue weighted by Crippen LogP contribution is 2.30. The number of nitro benzene ring substituents is 1. The van der Waals surface area contributed by atoms with E-state index in [9.17, 15) is 14.9 Å². The second-order valence-corrected chi connectivity index (χ2v) is 6.45. The number of hydrogen-bond acceptors (Lipinski definition) is 5. The number of amides is 1. The molecular weight excluding hydrogens is 334 g/mol. The van der Waals surface area contributed by atoms with E-state index in [0.29, 0.717) is 12.1 Å². The van der Waals surface area contributed by atoms with Crippen molar-refractivity contribution in [1.82, 2.24) is 10.6 Å². The van der Waals surface area contributed by atoms with Crippen molar-refractivity contribution in [2.75, 3.05) is 20.2 Å². The molecule has 1 aromatic rings. The molecule has 7 nitrogen and oxygen atoms in total. The van der Waals surface area contributed by atoms with Crippen LogP contribution < -0.4 is 15.4 Å². The zero-order valence-corrected chi connectivity index (χ0v) is 14.9. The SMILES string of the molecule is COc1cc(C(=O)NCC2NCCCC2(C)C)ccc1[N+](=O)[O-].Cl. The van der Waals surface area contributed by atoms with Crippen LogP contribution in [0.15, 0.2) is 18.2 Å². The lowest BCUT2D eigenvalue weighted by atomic mass is 9.77. The first kappa shape index (κ1) is 20.2. The van der Waals surface area contributed by atoms with E-state index in [1.165, 1.54) is 25.3 Å². The molecule has 1 aliphatic heterocycles. The molecule has 0 radical (unpaired) electrons. The summed E-state index contributed by atoms with van der Waals surface area (Å²) in [6.45, 7) is 5.84. The van der Waals surface area contributed by atoms with Crippen LogP contribution in [-0.2, 0) is 0 Å². The van der Waals surface area contributed by atoms with Gasteiger partial charge >= 0.3 is 5.69 Å². The third-order valence-corrected chi connectivity index (χ3v) is 4.44. The summed E-state index contributed by atoms with van der Waals surface area (Å²) in [5.74, 6) is -0.180. The Morgan fingerprint density at radius 2 is 2.21 bits per heavy atom. The van der Waals surface area contributed by atoms with Crippen molar-refractivity contribution >= 4 is 24.0 Å². The normalized spacial score (nSPS) is 19.0. The van der Waals surface area contributed by atoms with Crippen LogP contribution in [0.1, 0.15) is 37.0 Å². The Kier molecular flexibility index (Phi) is 6.98. The second-order valence-electron chi connectivity index (χ2n) is 6.45. The minimum atomic E-state index is -0.533. The van der Waals surface area contributed by atoms with Gasteiger partial charge in [0, 0.05) is 30.3 Å². The molecule has 1 amide bonds. The quantitative estimate of drug-likeness (QED) is 0.624. The molecule has 1 heterocycles. The van der Waals surface area contributed by atoms with Gasteiger partial charge in [-0.2, -0.15) is 0 Å². The summed E-state index contributed by atoms with van der Waals surface area (Å²) in [7, 11) is 1.35. The number of benzene rings is 1. The van der Waals surface area contributed by atoms with Crippen molar-refractivity contribution in [3.63, 3.8) is 0 Å². The van der Waals surface area contributed by atoms with Gasteiger partial charge < -0.3 is 15.4 Å². The maximum absolute atomic E-state index is 12.3. The minimum Gasteiger partial charge on any atom is -0.490 e. The van der Waals surface area contributed by atoms with E-state index in [4.69, 9.17) is 4.74 Å². The first-order chi connectivity index (χ1) is 10.8. The fraction of sp³-hybridized carbons (Fsp3) is 0.562. The number of methoxy groups -OCH3 is 1.